The van der Waals surface area contributed by atoms with Crippen LogP contribution in [0.1, 0.15) is 23.6 Å². The van der Waals surface area contributed by atoms with Crippen molar-refractivity contribution in [3.05, 3.63) is 85.5 Å². The predicted octanol–water partition coefficient (Wildman–Crippen LogP) is 6.16. The smallest absolute Gasteiger partial charge is 0.262 e. The van der Waals surface area contributed by atoms with Crippen LogP contribution >= 0.6 is 34.2 Å². The average Bonchev–Trinajstić information content (AvgIpc) is 2.90. The van der Waals surface area contributed by atoms with Crippen molar-refractivity contribution in [2.45, 2.75) is 20.1 Å². The first-order valence-electron chi connectivity index (χ1n) is 11.3. The van der Waals surface area contributed by atoms with Crippen molar-refractivity contribution in [3.8, 4) is 29.1 Å². The number of carbonyl (C=O) groups is 1. The first-order valence-corrected chi connectivity index (χ1v) is 12.8. The number of carbonyl (C=O) groups excluding carboxylic acids is 1. The van der Waals surface area contributed by atoms with Crippen LogP contribution in [0.4, 0.5) is 0 Å². The van der Waals surface area contributed by atoms with E-state index >= 15 is 0 Å². The molecular weight excluding hydrogens is 607 g/mol. The van der Waals surface area contributed by atoms with Crippen LogP contribution in [0.2, 0.25) is 5.02 Å². The van der Waals surface area contributed by atoms with Gasteiger partial charge < -0.3 is 24.3 Å². The fraction of sp³-hybridized carbons (Fsp3) is 0.214. The molecule has 192 valence electrons. The lowest BCUT2D eigenvalue weighted by Gasteiger charge is -2.15. The van der Waals surface area contributed by atoms with Crippen molar-refractivity contribution in [2.75, 3.05) is 20.8 Å². The fourth-order valence-electron chi connectivity index (χ4n) is 3.39. The lowest BCUT2D eigenvalue weighted by atomic mass is 10.1. The van der Waals surface area contributed by atoms with Crippen molar-refractivity contribution >= 4 is 46.2 Å². The van der Waals surface area contributed by atoms with Crippen LogP contribution in [0, 0.1) is 14.9 Å². The highest BCUT2D eigenvalue weighted by Gasteiger charge is 2.15. The molecule has 0 aliphatic heterocycles. The van der Waals surface area contributed by atoms with Gasteiger partial charge in [0.2, 0.25) is 0 Å². The zero-order valence-corrected chi connectivity index (χ0v) is 23.6. The Bertz CT molecular complexity index is 1320. The summed E-state index contributed by atoms with van der Waals surface area (Å²) < 4.78 is 23.2. The summed E-state index contributed by atoms with van der Waals surface area (Å²) in [7, 11) is 3.11. The maximum atomic E-state index is 12.8. The summed E-state index contributed by atoms with van der Waals surface area (Å²) in [5.41, 5.74) is 2.31. The largest absolute Gasteiger partial charge is 0.497 e. The highest BCUT2D eigenvalue weighted by molar-refractivity contribution is 14.1. The number of nitriles is 1. The summed E-state index contributed by atoms with van der Waals surface area (Å²) in [6.45, 7) is 2.82. The Kier molecular flexibility index (Phi) is 10.5. The molecule has 0 saturated carbocycles. The molecule has 3 rings (SSSR count). The highest BCUT2D eigenvalue weighted by atomic mass is 127. The second-order valence-electron chi connectivity index (χ2n) is 7.71. The SMILES string of the molecule is CCOc1cc(/C=C(\C#N)C(=O)NCc2ccc(OC)cc2OC)cc(I)c1OCc1ccc(Cl)cc1. The maximum absolute atomic E-state index is 12.8. The van der Waals surface area contributed by atoms with Crippen LogP contribution in [-0.2, 0) is 17.9 Å². The summed E-state index contributed by atoms with van der Waals surface area (Å²) >= 11 is 8.11. The highest BCUT2D eigenvalue weighted by Crippen LogP contribution is 2.35. The van der Waals surface area contributed by atoms with Crippen LogP contribution in [-0.4, -0.2) is 26.7 Å². The molecule has 0 aliphatic carbocycles. The molecule has 0 saturated heterocycles. The molecule has 3 aromatic carbocycles. The third-order valence-corrected chi connectivity index (χ3v) is 6.29. The first kappa shape index (κ1) is 28.2. The van der Waals surface area contributed by atoms with E-state index in [1.807, 2.05) is 43.3 Å². The zero-order chi connectivity index (χ0) is 26.8. The van der Waals surface area contributed by atoms with E-state index in [9.17, 15) is 10.1 Å². The molecule has 0 unspecified atom stereocenters. The number of hydrogen-bond donors (Lipinski definition) is 1. The third kappa shape index (κ3) is 7.78. The van der Waals surface area contributed by atoms with Crippen LogP contribution < -0.4 is 24.3 Å². The molecule has 1 amide bonds. The van der Waals surface area contributed by atoms with Crippen LogP contribution in [0.25, 0.3) is 6.08 Å². The van der Waals surface area contributed by atoms with Crippen LogP contribution in [0.15, 0.2) is 60.2 Å². The standard InChI is InChI=1S/C28H26ClIN2O5/c1-4-36-26-13-19(12-24(30)27(26)37-17-18-5-8-22(29)9-6-18)11-21(15-31)28(33)32-16-20-7-10-23(34-2)14-25(20)35-3/h5-14H,4,16-17H2,1-3H3,(H,32,33)/b21-11+. The second kappa shape index (κ2) is 13.8. The molecule has 0 heterocycles. The van der Waals surface area contributed by atoms with Gasteiger partial charge in [0.05, 0.1) is 24.4 Å². The van der Waals surface area contributed by atoms with Gasteiger partial charge in [0.1, 0.15) is 29.7 Å². The normalized spacial score (nSPS) is 10.9. The van der Waals surface area contributed by atoms with E-state index in [4.69, 9.17) is 30.5 Å². The molecule has 3 aromatic rings. The molecule has 0 bridgehead atoms. The Balaban J connectivity index is 1.78. The maximum Gasteiger partial charge on any atom is 0.262 e. The van der Waals surface area contributed by atoms with Gasteiger partial charge in [-0.05, 0) is 83.1 Å². The summed E-state index contributed by atoms with van der Waals surface area (Å²) in [6.07, 6.45) is 1.52. The minimum atomic E-state index is -0.503. The molecule has 0 radical (unpaired) electrons. The average molecular weight is 633 g/mol. The van der Waals surface area contributed by atoms with Crippen molar-refractivity contribution in [3.63, 3.8) is 0 Å². The molecule has 7 nitrogen and oxygen atoms in total. The summed E-state index contributed by atoms with van der Waals surface area (Å²) in [4.78, 5) is 12.8. The van der Waals surface area contributed by atoms with Gasteiger partial charge in [-0.1, -0.05) is 23.7 Å². The molecule has 0 atom stereocenters. The number of halogens is 2. The van der Waals surface area contributed by atoms with Gasteiger partial charge >= 0.3 is 0 Å². The molecule has 0 aliphatic rings. The number of nitrogens with one attached hydrogen (secondary N) is 1. The Morgan fingerprint density at radius 2 is 1.81 bits per heavy atom. The van der Waals surface area contributed by atoms with E-state index < -0.39 is 5.91 Å². The molecular formula is C28H26ClIN2O5. The Hall–Kier alpha value is -3.42. The van der Waals surface area contributed by atoms with Crippen LogP contribution in [0.5, 0.6) is 23.0 Å². The van der Waals surface area contributed by atoms with Gasteiger partial charge in [-0.25, -0.2) is 0 Å². The number of benzene rings is 3. The Morgan fingerprint density at radius 1 is 1.05 bits per heavy atom. The van der Waals surface area contributed by atoms with E-state index in [1.165, 1.54) is 6.08 Å². The third-order valence-electron chi connectivity index (χ3n) is 5.24. The van der Waals surface area contributed by atoms with Crippen molar-refractivity contribution in [2.24, 2.45) is 0 Å². The molecule has 9 heteroatoms. The van der Waals surface area contributed by atoms with E-state index in [2.05, 4.69) is 27.9 Å². The number of amides is 1. The molecule has 0 aromatic heterocycles. The van der Waals surface area contributed by atoms with Gasteiger partial charge in [-0.2, -0.15) is 5.26 Å². The number of nitrogens with zero attached hydrogens (tertiary/aromatic N) is 1. The van der Waals surface area contributed by atoms with E-state index in [-0.39, 0.29) is 12.1 Å². The lowest BCUT2D eigenvalue weighted by molar-refractivity contribution is -0.117. The Labute approximate surface area is 235 Å². The first-order chi connectivity index (χ1) is 17.9. The van der Waals surface area contributed by atoms with Gasteiger partial charge in [-0.15, -0.1) is 0 Å². The number of hydrogen-bond acceptors (Lipinski definition) is 6. The lowest BCUT2D eigenvalue weighted by Crippen LogP contribution is -2.24. The number of ether oxygens (including phenoxy) is 4. The number of methoxy groups -OCH3 is 2. The monoisotopic (exact) mass is 632 g/mol. The van der Waals surface area contributed by atoms with Crippen molar-refractivity contribution in [1.82, 2.24) is 5.32 Å². The summed E-state index contributed by atoms with van der Waals surface area (Å²) in [5, 5.41) is 13.1. The molecule has 1 N–H and O–H groups in total. The van der Waals surface area contributed by atoms with Gasteiger partial charge in [-0.3, -0.25) is 4.79 Å². The topological polar surface area (TPSA) is 89.8 Å². The molecule has 0 spiro atoms. The molecule has 0 fully saturated rings. The fourth-order valence-corrected chi connectivity index (χ4v) is 4.30. The second-order valence-corrected chi connectivity index (χ2v) is 9.31. The summed E-state index contributed by atoms with van der Waals surface area (Å²) in [5.74, 6) is 1.83. The minimum Gasteiger partial charge on any atom is -0.497 e. The molecule has 37 heavy (non-hydrogen) atoms. The van der Waals surface area contributed by atoms with Gasteiger partial charge in [0.15, 0.2) is 11.5 Å². The zero-order valence-electron chi connectivity index (χ0n) is 20.6. The quantitative estimate of drug-likeness (QED) is 0.155. The van der Waals surface area contributed by atoms with Crippen LogP contribution in [0.3, 0.4) is 0 Å². The van der Waals surface area contributed by atoms with Gasteiger partial charge in [0.25, 0.3) is 5.91 Å². The predicted molar refractivity (Wildman–Crippen MR) is 151 cm³/mol. The number of rotatable bonds is 11. The van der Waals surface area contributed by atoms with Crippen molar-refractivity contribution in [1.29, 1.82) is 5.26 Å². The summed E-state index contributed by atoms with van der Waals surface area (Å²) in [6, 6.07) is 18.3. The van der Waals surface area contributed by atoms with E-state index in [0.29, 0.717) is 46.8 Å². The Morgan fingerprint density at radius 3 is 2.46 bits per heavy atom. The van der Waals surface area contributed by atoms with Gasteiger partial charge in [0, 0.05) is 23.2 Å². The van der Waals surface area contributed by atoms with E-state index in [1.54, 1.807) is 38.5 Å². The minimum absolute atomic E-state index is 0.0411. The van der Waals surface area contributed by atoms with E-state index in [0.717, 1.165) is 14.7 Å². The van der Waals surface area contributed by atoms with Crippen molar-refractivity contribution < 1.29 is 23.7 Å².